The summed E-state index contributed by atoms with van der Waals surface area (Å²) in [6.45, 7) is 7.88. The number of aromatic nitrogens is 1. The van der Waals surface area contributed by atoms with E-state index in [1.54, 1.807) is 0 Å². The van der Waals surface area contributed by atoms with E-state index in [0.717, 1.165) is 25.1 Å². The van der Waals surface area contributed by atoms with Crippen LogP contribution in [-0.4, -0.2) is 17.6 Å². The van der Waals surface area contributed by atoms with Gasteiger partial charge in [0.25, 0.3) is 0 Å². The highest BCUT2D eigenvalue weighted by atomic mass is 14.9. The van der Waals surface area contributed by atoms with Gasteiger partial charge in [0.2, 0.25) is 0 Å². The number of nitrogens with one attached hydrogen (secondary N) is 1. The van der Waals surface area contributed by atoms with E-state index < -0.39 is 0 Å². The van der Waals surface area contributed by atoms with Gasteiger partial charge in [0.15, 0.2) is 0 Å². The van der Waals surface area contributed by atoms with Crippen molar-refractivity contribution < 1.29 is 0 Å². The van der Waals surface area contributed by atoms with Gasteiger partial charge in [-0.3, -0.25) is 4.98 Å². The summed E-state index contributed by atoms with van der Waals surface area (Å²) in [5.74, 6) is 0. The van der Waals surface area contributed by atoms with E-state index in [1.807, 2.05) is 18.3 Å². The fourth-order valence-electron chi connectivity index (χ4n) is 2.84. The van der Waals surface area contributed by atoms with Crippen LogP contribution in [0.15, 0.2) is 54.7 Å². The molecule has 0 radical (unpaired) electrons. The van der Waals surface area contributed by atoms with Gasteiger partial charge in [0.05, 0.1) is 0 Å². The van der Waals surface area contributed by atoms with Crippen molar-refractivity contribution >= 4 is 0 Å². The van der Waals surface area contributed by atoms with Gasteiger partial charge in [-0.05, 0) is 36.5 Å². The molecule has 0 spiro atoms. The maximum Gasteiger partial charge on any atom is 0.0416 e. The van der Waals surface area contributed by atoms with Crippen molar-refractivity contribution in [2.75, 3.05) is 6.54 Å². The highest BCUT2D eigenvalue weighted by molar-refractivity contribution is 5.23. The lowest BCUT2D eigenvalue weighted by atomic mass is 9.79. The van der Waals surface area contributed by atoms with Gasteiger partial charge in [-0.25, -0.2) is 0 Å². The second-order valence-corrected chi connectivity index (χ2v) is 6.38. The van der Waals surface area contributed by atoms with Crippen LogP contribution in [0.1, 0.15) is 38.4 Å². The molecule has 1 atom stereocenters. The molecule has 2 heteroatoms. The van der Waals surface area contributed by atoms with Gasteiger partial charge in [-0.15, -0.1) is 0 Å². The van der Waals surface area contributed by atoms with Crippen LogP contribution in [0.5, 0.6) is 0 Å². The zero-order valence-electron chi connectivity index (χ0n) is 13.3. The molecular formula is C19H26N2. The Labute approximate surface area is 128 Å². The Morgan fingerprint density at radius 2 is 1.76 bits per heavy atom. The molecule has 21 heavy (non-hydrogen) atoms. The van der Waals surface area contributed by atoms with Crippen molar-refractivity contribution in [2.45, 2.75) is 45.1 Å². The van der Waals surface area contributed by atoms with E-state index in [0.29, 0.717) is 6.04 Å². The van der Waals surface area contributed by atoms with Gasteiger partial charge in [0.1, 0.15) is 0 Å². The lowest BCUT2D eigenvalue weighted by molar-refractivity contribution is 0.390. The third-order valence-corrected chi connectivity index (χ3v) is 3.97. The second kappa shape index (κ2) is 7.37. The summed E-state index contributed by atoms with van der Waals surface area (Å²) in [7, 11) is 0. The number of pyridine rings is 1. The molecule has 1 N–H and O–H groups in total. The average Bonchev–Trinajstić information content (AvgIpc) is 2.49. The predicted octanol–water partition coefficient (Wildman–Crippen LogP) is 3.97. The third kappa shape index (κ3) is 4.98. The quantitative estimate of drug-likeness (QED) is 0.831. The maximum absolute atomic E-state index is 4.36. The summed E-state index contributed by atoms with van der Waals surface area (Å²) in [6.07, 6.45) is 3.97. The van der Waals surface area contributed by atoms with E-state index in [2.05, 4.69) is 67.5 Å². The number of hydrogen-bond acceptors (Lipinski definition) is 2. The molecule has 1 heterocycles. The predicted molar refractivity (Wildman–Crippen MR) is 89.5 cm³/mol. The monoisotopic (exact) mass is 282 g/mol. The Morgan fingerprint density at radius 1 is 1.05 bits per heavy atom. The summed E-state index contributed by atoms with van der Waals surface area (Å²) in [6, 6.07) is 17.3. The molecule has 2 aromatic rings. The Hall–Kier alpha value is -1.67. The van der Waals surface area contributed by atoms with Crippen LogP contribution in [0.2, 0.25) is 0 Å². The molecule has 0 aliphatic heterocycles. The Kier molecular flexibility index (Phi) is 5.51. The maximum atomic E-state index is 4.36. The molecule has 2 nitrogen and oxygen atoms in total. The van der Waals surface area contributed by atoms with Crippen LogP contribution in [0.3, 0.4) is 0 Å². The third-order valence-electron chi connectivity index (χ3n) is 3.97. The molecule has 0 fully saturated rings. The van der Waals surface area contributed by atoms with E-state index in [1.165, 1.54) is 5.56 Å². The molecule has 0 aliphatic rings. The molecule has 1 aromatic carbocycles. The Bertz CT molecular complexity index is 520. The highest BCUT2D eigenvalue weighted by Crippen LogP contribution is 2.27. The van der Waals surface area contributed by atoms with Crippen LogP contribution < -0.4 is 5.32 Å². The van der Waals surface area contributed by atoms with E-state index >= 15 is 0 Å². The molecule has 0 saturated carbocycles. The summed E-state index contributed by atoms with van der Waals surface area (Å²) in [5.41, 5.74) is 2.75. The summed E-state index contributed by atoms with van der Waals surface area (Å²) >= 11 is 0. The topological polar surface area (TPSA) is 24.9 Å². The first-order valence-corrected chi connectivity index (χ1v) is 7.77. The minimum atomic E-state index is 0.193. The standard InChI is InChI=1S/C19H26N2/c1-16(20-14-12-18-11-7-8-13-21-18)15-19(2,3)17-9-5-4-6-10-17/h4-11,13,16,20H,12,14-15H2,1-3H3. The largest absolute Gasteiger partial charge is 0.314 e. The molecular weight excluding hydrogens is 256 g/mol. The summed E-state index contributed by atoms with van der Waals surface area (Å²) in [4.78, 5) is 4.36. The van der Waals surface area contributed by atoms with Crippen molar-refractivity contribution in [1.82, 2.24) is 10.3 Å². The van der Waals surface area contributed by atoms with E-state index in [4.69, 9.17) is 0 Å². The molecule has 1 unspecified atom stereocenters. The zero-order chi connectivity index (χ0) is 15.1. The molecule has 2 rings (SSSR count). The lowest BCUT2D eigenvalue weighted by Crippen LogP contribution is -2.34. The SMILES string of the molecule is CC(CC(C)(C)c1ccccc1)NCCc1ccccn1. The highest BCUT2D eigenvalue weighted by Gasteiger charge is 2.22. The zero-order valence-corrected chi connectivity index (χ0v) is 13.3. The molecule has 0 saturated heterocycles. The fraction of sp³-hybridized carbons (Fsp3) is 0.421. The molecule has 112 valence electrons. The molecule has 0 bridgehead atoms. The second-order valence-electron chi connectivity index (χ2n) is 6.38. The molecule has 0 amide bonds. The van der Waals surface area contributed by atoms with Crippen molar-refractivity contribution in [1.29, 1.82) is 0 Å². The van der Waals surface area contributed by atoms with Crippen molar-refractivity contribution in [3.8, 4) is 0 Å². The number of benzene rings is 1. The van der Waals surface area contributed by atoms with Crippen LogP contribution in [-0.2, 0) is 11.8 Å². The van der Waals surface area contributed by atoms with Gasteiger partial charge in [0, 0.05) is 30.9 Å². The Morgan fingerprint density at radius 3 is 2.43 bits per heavy atom. The van der Waals surface area contributed by atoms with Crippen molar-refractivity contribution in [3.05, 3.63) is 66.0 Å². The first kappa shape index (κ1) is 15.7. The molecule has 1 aromatic heterocycles. The van der Waals surface area contributed by atoms with Crippen LogP contribution in [0, 0.1) is 0 Å². The first-order chi connectivity index (χ1) is 10.1. The van der Waals surface area contributed by atoms with Gasteiger partial charge < -0.3 is 5.32 Å². The van der Waals surface area contributed by atoms with Gasteiger partial charge in [-0.1, -0.05) is 50.2 Å². The average molecular weight is 282 g/mol. The van der Waals surface area contributed by atoms with Crippen LogP contribution in [0.4, 0.5) is 0 Å². The van der Waals surface area contributed by atoms with E-state index in [9.17, 15) is 0 Å². The van der Waals surface area contributed by atoms with Crippen LogP contribution >= 0.6 is 0 Å². The van der Waals surface area contributed by atoms with Crippen LogP contribution in [0.25, 0.3) is 0 Å². The Balaban J connectivity index is 1.80. The van der Waals surface area contributed by atoms with Gasteiger partial charge in [-0.2, -0.15) is 0 Å². The number of hydrogen-bond donors (Lipinski definition) is 1. The van der Waals surface area contributed by atoms with Crippen molar-refractivity contribution in [3.63, 3.8) is 0 Å². The fourth-order valence-corrected chi connectivity index (χ4v) is 2.84. The number of rotatable bonds is 7. The summed E-state index contributed by atoms with van der Waals surface area (Å²) < 4.78 is 0. The smallest absolute Gasteiger partial charge is 0.0416 e. The lowest BCUT2D eigenvalue weighted by Gasteiger charge is -2.29. The number of nitrogens with zero attached hydrogens (tertiary/aromatic N) is 1. The van der Waals surface area contributed by atoms with Gasteiger partial charge >= 0.3 is 0 Å². The normalized spacial score (nSPS) is 13.1. The minimum absolute atomic E-state index is 0.193. The van der Waals surface area contributed by atoms with Crippen molar-refractivity contribution in [2.24, 2.45) is 0 Å². The molecule has 0 aliphatic carbocycles. The first-order valence-electron chi connectivity index (χ1n) is 7.77. The summed E-state index contributed by atoms with van der Waals surface area (Å²) in [5, 5.41) is 3.62. The van der Waals surface area contributed by atoms with E-state index in [-0.39, 0.29) is 5.41 Å². The minimum Gasteiger partial charge on any atom is -0.314 e.